The van der Waals surface area contributed by atoms with E-state index in [9.17, 15) is 9.59 Å². The van der Waals surface area contributed by atoms with Gasteiger partial charge in [-0.25, -0.2) is 0 Å². The zero-order chi connectivity index (χ0) is 19.9. The van der Waals surface area contributed by atoms with Crippen LogP contribution in [0.4, 0.5) is 5.69 Å². The molecule has 0 aliphatic rings. The third kappa shape index (κ3) is 4.77. The summed E-state index contributed by atoms with van der Waals surface area (Å²) >= 11 is 1.31. The summed E-state index contributed by atoms with van der Waals surface area (Å²) in [5, 5.41) is 11.9. The third-order valence-electron chi connectivity index (χ3n) is 4.11. The van der Waals surface area contributed by atoms with Gasteiger partial charge in [0.15, 0.2) is 5.16 Å². The zero-order valence-corrected chi connectivity index (χ0v) is 16.3. The minimum Gasteiger partial charge on any atom is -0.366 e. The van der Waals surface area contributed by atoms with Gasteiger partial charge in [0.25, 0.3) is 5.91 Å². The second-order valence-corrected chi connectivity index (χ2v) is 6.99. The molecule has 7 nitrogen and oxygen atoms in total. The molecule has 3 aromatic rings. The maximum absolute atomic E-state index is 12.3. The predicted octanol–water partition coefficient (Wildman–Crippen LogP) is 2.72. The molecule has 0 aliphatic heterocycles. The van der Waals surface area contributed by atoms with Crippen LogP contribution < -0.4 is 11.1 Å². The average Bonchev–Trinajstić information content (AvgIpc) is 3.09. The summed E-state index contributed by atoms with van der Waals surface area (Å²) in [4.78, 5) is 23.8. The Bertz CT molecular complexity index is 972. The van der Waals surface area contributed by atoms with Gasteiger partial charge in [-0.1, -0.05) is 54.2 Å². The first kappa shape index (κ1) is 19.6. The number of benzene rings is 2. The zero-order valence-electron chi connectivity index (χ0n) is 15.5. The first-order valence-corrected chi connectivity index (χ1v) is 9.84. The lowest BCUT2D eigenvalue weighted by atomic mass is 10.1. The van der Waals surface area contributed by atoms with Crippen LogP contribution in [0.3, 0.4) is 0 Å². The fourth-order valence-corrected chi connectivity index (χ4v) is 3.60. The molecule has 0 saturated carbocycles. The average molecular weight is 395 g/mol. The molecule has 2 amide bonds. The molecule has 2 aromatic carbocycles. The number of primary amides is 1. The number of aromatic nitrogens is 3. The van der Waals surface area contributed by atoms with Crippen LogP contribution in [0.25, 0.3) is 0 Å². The Labute approximate surface area is 167 Å². The van der Waals surface area contributed by atoms with E-state index in [0.717, 1.165) is 11.4 Å². The summed E-state index contributed by atoms with van der Waals surface area (Å²) in [6.45, 7) is 2.73. The molecule has 0 bridgehead atoms. The summed E-state index contributed by atoms with van der Waals surface area (Å²) in [6.07, 6.45) is 0.681. The summed E-state index contributed by atoms with van der Waals surface area (Å²) in [7, 11) is 0. The van der Waals surface area contributed by atoms with Crippen molar-refractivity contribution in [3.05, 3.63) is 71.5 Å². The maximum Gasteiger partial charge on any atom is 0.250 e. The monoisotopic (exact) mass is 395 g/mol. The Kier molecular flexibility index (Phi) is 6.44. The first-order valence-electron chi connectivity index (χ1n) is 8.86. The molecule has 0 aliphatic carbocycles. The van der Waals surface area contributed by atoms with Crippen molar-refractivity contribution in [1.82, 2.24) is 14.8 Å². The van der Waals surface area contributed by atoms with Crippen molar-refractivity contribution in [2.24, 2.45) is 5.73 Å². The van der Waals surface area contributed by atoms with Crippen molar-refractivity contribution in [2.45, 2.75) is 25.0 Å². The Hall–Kier alpha value is -3.13. The van der Waals surface area contributed by atoms with Gasteiger partial charge >= 0.3 is 0 Å². The number of para-hydroxylation sites is 1. The molecule has 3 N–H and O–H groups in total. The van der Waals surface area contributed by atoms with Gasteiger partial charge in [0.2, 0.25) is 5.91 Å². The van der Waals surface area contributed by atoms with E-state index in [0.29, 0.717) is 23.8 Å². The summed E-state index contributed by atoms with van der Waals surface area (Å²) in [5.41, 5.74) is 7.18. The number of thioether (sulfide) groups is 1. The van der Waals surface area contributed by atoms with Crippen LogP contribution in [0, 0.1) is 0 Å². The number of carbonyl (C=O) groups excluding carboxylic acids is 2. The van der Waals surface area contributed by atoms with Crippen LogP contribution in [-0.2, 0) is 17.8 Å². The number of nitrogens with one attached hydrogen (secondary N) is 1. The van der Waals surface area contributed by atoms with Crippen molar-refractivity contribution in [1.29, 1.82) is 0 Å². The van der Waals surface area contributed by atoms with Crippen LogP contribution in [-0.4, -0.2) is 32.3 Å². The molecule has 0 saturated heterocycles. The molecule has 0 radical (unpaired) electrons. The molecule has 28 heavy (non-hydrogen) atoms. The highest BCUT2D eigenvalue weighted by Gasteiger charge is 2.15. The van der Waals surface area contributed by atoms with Crippen molar-refractivity contribution < 1.29 is 9.59 Å². The number of carbonyl (C=O) groups is 2. The van der Waals surface area contributed by atoms with Gasteiger partial charge in [-0.3, -0.25) is 9.59 Å². The van der Waals surface area contributed by atoms with Crippen molar-refractivity contribution in [3.63, 3.8) is 0 Å². The smallest absolute Gasteiger partial charge is 0.250 e. The van der Waals surface area contributed by atoms with Crippen LogP contribution in [0.2, 0.25) is 0 Å². The number of nitrogens with two attached hydrogens (primary N) is 1. The van der Waals surface area contributed by atoms with Crippen LogP contribution in [0.5, 0.6) is 0 Å². The van der Waals surface area contributed by atoms with Gasteiger partial charge in [0.05, 0.1) is 17.0 Å². The predicted molar refractivity (Wildman–Crippen MR) is 109 cm³/mol. The van der Waals surface area contributed by atoms with E-state index in [4.69, 9.17) is 5.73 Å². The Morgan fingerprint density at radius 1 is 1.07 bits per heavy atom. The Morgan fingerprint density at radius 2 is 1.79 bits per heavy atom. The molecule has 1 aromatic heterocycles. The van der Waals surface area contributed by atoms with Crippen LogP contribution in [0.15, 0.2) is 59.8 Å². The topological polar surface area (TPSA) is 103 Å². The lowest BCUT2D eigenvalue weighted by Crippen LogP contribution is -2.19. The summed E-state index contributed by atoms with van der Waals surface area (Å²) in [6, 6.07) is 16.7. The quantitative estimate of drug-likeness (QED) is 0.571. The molecule has 8 heteroatoms. The van der Waals surface area contributed by atoms with E-state index in [-0.39, 0.29) is 17.2 Å². The number of hydrogen-bond acceptors (Lipinski definition) is 5. The second kappa shape index (κ2) is 9.18. The number of amides is 2. The fourth-order valence-electron chi connectivity index (χ4n) is 2.78. The van der Waals surface area contributed by atoms with Gasteiger partial charge in [-0.05, 0) is 24.6 Å². The van der Waals surface area contributed by atoms with E-state index in [2.05, 4.69) is 15.5 Å². The fraction of sp³-hybridized carbons (Fsp3) is 0.200. The molecule has 0 atom stereocenters. The lowest BCUT2D eigenvalue weighted by Gasteiger charge is -2.09. The normalized spacial score (nSPS) is 10.6. The van der Waals surface area contributed by atoms with E-state index in [1.165, 1.54) is 11.8 Å². The highest BCUT2D eigenvalue weighted by molar-refractivity contribution is 7.99. The standard InChI is InChI=1S/C20H21N5O2S/c1-2-25-17(12-14-8-4-3-5-9-14)23-24-20(25)28-13-18(26)22-16-11-7-6-10-15(16)19(21)27/h3-11H,2,12-13H2,1H3,(H2,21,27)(H,22,26). The molecular formula is C20H21N5O2S. The Morgan fingerprint density at radius 3 is 2.50 bits per heavy atom. The summed E-state index contributed by atoms with van der Waals surface area (Å²) in [5.74, 6) is 0.181. The van der Waals surface area contributed by atoms with Crippen LogP contribution in [0.1, 0.15) is 28.7 Å². The van der Waals surface area contributed by atoms with Gasteiger partial charge in [-0.15, -0.1) is 10.2 Å². The SMILES string of the molecule is CCn1c(Cc2ccccc2)nnc1SCC(=O)Nc1ccccc1C(N)=O. The number of nitrogens with zero attached hydrogens (tertiary/aromatic N) is 3. The minimum absolute atomic E-state index is 0.149. The third-order valence-corrected chi connectivity index (χ3v) is 5.08. The summed E-state index contributed by atoms with van der Waals surface area (Å²) < 4.78 is 2.00. The van der Waals surface area contributed by atoms with E-state index >= 15 is 0 Å². The molecule has 0 spiro atoms. The highest BCUT2D eigenvalue weighted by atomic mass is 32.2. The molecule has 144 valence electrons. The van der Waals surface area contributed by atoms with Gasteiger partial charge in [0.1, 0.15) is 5.82 Å². The van der Waals surface area contributed by atoms with Gasteiger partial charge in [0, 0.05) is 13.0 Å². The second-order valence-electron chi connectivity index (χ2n) is 6.05. The van der Waals surface area contributed by atoms with Crippen LogP contribution >= 0.6 is 11.8 Å². The van der Waals surface area contributed by atoms with Gasteiger partial charge in [-0.2, -0.15) is 0 Å². The number of rotatable bonds is 8. The molecule has 0 fully saturated rings. The molecule has 0 unspecified atom stereocenters. The van der Waals surface area contributed by atoms with Crippen molar-refractivity contribution >= 4 is 29.3 Å². The lowest BCUT2D eigenvalue weighted by molar-refractivity contribution is -0.113. The van der Waals surface area contributed by atoms with Crippen molar-refractivity contribution in [2.75, 3.05) is 11.1 Å². The maximum atomic E-state index is 12.3. The number of anilines is 1. The number of hydrogen-bond donors (Lipinski definition) is 2. The molecule has 1 heterocycles. The van der Waals surface area contributed by atoms with E-state index in [1.54, 1.807) is 24.3 Å². The largest absolute Gasteiger partial charge is 0.366 e. The minimum atomic E-state index is -0.583. The first-order chi connectivity index (χ1) is 13.6. The van der Waals surface area contributed by atoms with Gasteiger partial charge < -0.3 is 15.6 Å². The Balaban J connectivity index is 1.65. The highest BCUT2D eigenvalue weighted by Crippen LogP contribution is 2.20. The van der Waals surface area contributed by atoms with E-state index < -0.39 is 5.91 Å². The molecular weight excluding hydrogens is 374 g/mol. The molecule has 3 rings (SSSR count). The van der Waals surface area contributed by atoms with Crippen molar-refractivity contribution in [3.8, 4) is 0 Å². The van der Waals surface area contributed by atoms with E-state index in [1.807, 2.05) is 41.8 Å².